The van der Waals surface area contributed by atoms with E-state index in [1.165, 1.54) is 0 Å². The Morgan fingerprint density at radius 2 is 1.86 bits per heavy atom. The lowest BCUT2D eigenvalue weighted by molar-refractivity contribution is -0.133. The lowest BCUT2D eigenvalue weighted by atomic mass is 9.99. The predicted molar refractivity (Wildman–Crippen MR) is 82.7 cm³/mol. The van der Waals surface area contributed by atoms with Crippen LogP contribution in [0.3, 0.4) is 0 Å². The van der Waals surface area contributed by atoms with Crippen LogP contribution in [-0.2, 0) is 11.3 Å². The van der Waals surface area contributed by atoms with Gasteiger partial charge in [-0.2, -0.15) is 0 Å². The maximum atomic E-state index is 12.8. The third-order valence-electron chi connectivity index (χ3n) is 4.04. The van der Waals surface area contributed by atoms with Crippen molar-refractivity contribution in [2.45, 2.75) is 38.3 Å². The number of rotatable bonds is 5. The summed E-state index contributed by atoms with van der Waals surface area (Å²) in [5.74, 6) is 0.133. The summed E-state index contributed by atoms with van der Waals surface area (Å²) in [7, 11) is 0. The monoisotopic (exact) mass is 280 g/mol. The molecule has 108 valence electrons. The van der Waals surface area contributed by atoms with Crippen LogP contribution in [-0.4, -0.2) is 21.8 Å². The zero-order chi connectivity index (χ0) is 14.7. The molecular formula is C18H20N2O. The molecule has 0 spiro atoms. The van der Waals surface area contributed by atoms with Crippen LogP contribution in [0.4, 0.5) is 0 Å². The number of nitrogens with zero attached hydrogens (tertiary/aromatic N) is 2. The first-order chi connectivity index (χ1) is 10.3. The van der Waals surface area contributed by atoms with Gasteiger partial charge in [-0.3, -0.25) is 9.78 Å². The van der Waals surface area contributed by atoms with Crippen molar-refractivity contribution < 1.29 is 4.79 Å². The van der Waals surface area contributed by atoms with Gasteiger partial charge in [-0.05, 0) is 43.0 Å². The van der Waals surface area contributed by atoms with Gasteiger partial charge >= 0.3 is 0 Å². The van der Waals surface area contributed by atoms with E-state index in [0.29, 0.717) is 12.6 Å². The molecule has 1 amide bonds. The maximum absolute atomic E-state index is 12.8. The van der Waals surface area contributed by atoms with E-state index in [0.717, 1.165) is 24.0 Å². The van der Waals surface area contributed by atoms with E-state index in [2.05, 4.69) is 4.98 Å². The Hall–Kier alpha value is -2.16. The van der Waals surface area contributed by atoms with Crippen LogP contribution in [0, 0.1) is 0 Å². The number of carbonyl (C=O) groups excluding carboxylic acids is 1. The van der Waals surface area contributed by atoms with Crippen LogP contribution in [0.15, 0.2) is 54.9 Å². The fourth-order valence-electron chi connectivity index (χ4n) is 2.59. The van der Waals surface area contributed by atoms with Gasteiger partial charge in [-0.15, -0.1) is 0 Å². The summed E-state index contributed by atoms with van der Waals surface area (Å²) < 4.78 is 0. The SMILES string of the molecule is C[C@@H](C(=O)N(Cc1ccncc1)C1CC1)c1ccccc1. The lowest BCUT2D eigenvalue weighted by Crippen LogP contribution is -2.35. The summed E-state index contributed by atoms with van der Waals surface area (Å²) in [6.07, 6.45) is 5.81. The summed E-state index contributed by atoms with van der Waals surface area (Å²) >= 11 is 0. The zero-order valence-corrected chi connectivity index (χ0v) is 12.3. The molecule has 1 aromatic carbocycles. The summed E-state index contributed by atoms with van der Waals surface area (Å²) in [4.78, 5) is 18.9. The molecule has 1 atom stereocenters. The van der Waals surface area contributed by atoms with Gasteiger partial charge in [0.2, 0.25) is 5.91 Å². The molecule has 1 aliphatic carbocycles. The summed E-state index contributed by atoms with van der Waals surface area (Å²) in [5.41, 5.74) is 2.23. The van der Waals surface area contributed by atoms with Gasteiger partial charge in [0.05, 0.1) is 5.92 Å². The van der Waals surface area contributed by atoms with Crippen molar-refractivity contribution in [2.75, 3.05) is 0 Å². The molecule has 0 saturated heterocycles. The third-order valence-corrected chi connectivity index (χ3v) is 4.04. The standard InChI is InChI=1S/C18H20N2O/c1-14(16-5-3-2-4-6-16)18(21)20(17-7-8-17)13-15-9-11-19-12-10-15/h2-6,9-12,14,17H,7-8,13H2,1H3/t14-/m1/s1. The van der Waals surface area contributed by atoms with Gasteiger partial charge in [0.25, 0.3) is 0 Å². The maximum Gasteiger partial charge on any atom is 0.230 e. The minimum absolute atomic E-state index is 0.0892. The van der Waals surface area contributed by atoms with Gasteiger partial charge in [-0.25, -0.2) is 0 Å². The molecule has 3 nitrogen and oxygen atoms in total. The minimum Gasteiger partial charge on any atom is -0.335 e. The average molecular weight is 280 g/mol. The first-order valence-corrected chi connectivity index (χ1v) is 7.50. The van der Waals surface area contributed by atoms with Crippen molar-refractivity contribution in [1.82, 2.24) is 9.88 Å². The molecule has 1 aromatic heterocycles. The van der Waals surface area contributed by atoms with Crippen molar-refractivity contribution in [3.8, 4) is 0 Å². The third kappa shape index (κ3) is 3.30. The Bertz CT molecular complexity index is 593. The lowest BCUT2D eigenvalue weighted by Gasteiger charge is -2.26. The molecule has 1 aliphatic rings. The number of carbonyl (C=O) groups is 1. The van der Waals surface area contributed by atoms with Crippen LogP contribution >= 0.6 is 0 Å². The second-order valence-corrected chi connectivity index (χ2v) is 5.69. The molecule has 0 aliphatic heterocycles. The first-order valence-electron chi connectivity index (χ1n) is 7.50. The predicted octanol–water partition coefficient (Wildman–Crippen LogP) is 3.38. The van der Waals surface area contributed by atoms with Gasteiger partial charge < -0.3 is 4.90 Å². The Labute approximate surface area is 125 Å². The number of hydrogen-bond acceptors (Lipinski definition) is 2. The van der Waals surface area contributed by atoms with Gasteiger partial charge in [0.1, 0.15) is 0 Å². The van der Waals surface area contributed by atoms with E-state index < -0.39 is 0 Å². The summed E-state index contributed by atoms with van der Waals surface area (Å²) in [6.45, 7) is 2.68. The highest BCUT2D eigenvalue weighted by atomic mass is 16.2. The van der Waals surface area contributed by atoms with Gasteiger partial charge in [0.15, 0.2) is 0 Å². The molecule has 0 N–H and O–H groups in total. The topological polar surface area (TPSA) is 33.2 Å². The molecule has 1 fully saturated rings. The Kier molecular flexibility index (Phi) is 4.00. The Morgan fingerprint density at radius 3 is 2.48 bits per heavy atom. The van der Waals surface area contributed by atoms with Gasteiger partial charge in [0, 0.05) is 25.0 Å². The van der Waals surface area contributed by atoms with Crippen molar-refractivity contribution in [3.05, 3.63) is 66.0 Å². The quantitative estimate of drug-likeness (QED) is 0.841. The molecule has 21 heavy (non-hydrogen) atoms. The van der Waals surface area contributed by atoms with E-state index >= 15 is 0 Å². The van der Waals surface area contributed by atoms with Gasteiger partial charge in [-0.1, -0.05) is 30.3 Å². The molecule has 3 rings (SSSR count). The van der Waals surface area contributed by atoms with Crippen LogP contribution in [0.2, 0.25) is 0 Å². The highest BCUT2D eigenvalue weighted by Gasteiger charge is 2.34. The Morgan fingerprint density at radius 1 is 1.19 bits per heavy atom. The summed E-state index contributed by atoms with van der Waals surface area (Å²) in [5, 5.41) is 0. The number of hydrogen-bond donors (Lipinski definition) is 0. The van der Waals surface area contributed by atoms with Crippen molar-refractivity contribution in [1.29, 1.82) is 0 Å². The van der Waals surface area contributed by atoms with Crippen LogP contribution < -0.4 is 0 Å². The summed E-state index contributed by atoms with van der Waals surface area (Å²) in [6, 6.07) is 14.4. The van der Waals surface area contributed by atoms with Crippen LogP contribution in [0.1, 0.15) is 36.8 Å². The Balaban J connectivity index is 1.76. The molecule has 1 heterocycles. The second-order valence-electron chi connectivity index (χ2n) is 5.69. The van der Waals surface area contributed by atoms with Crippen LogP contribution in [0.25, 0.3) is 0 Å². The molecule has 2 aromatic rings. The number of benzene rings is 1. The zero-order valence-electron chi connectivity index (χ0n) is 12.3. The molecule has 3 heteroatoms. The van der Waals surface area contributed by atoms with E-state index in [1.54, 1.807) is 12.4 Å². The van der Waals surface area contributed by atoms with E-state index in [-0.39, 0.29) is 11.8 Å². The number of amides is 1. The van der Waals surface area contributed by atoms with Crippen LogP contribution in [0.5, 0.6) is 0 Å². The fraction of sp³-hybridized carbons (Fsp3) is 0.333. The number of pyridine rings is 1. The molecule has 0 bridgehead atoms. The minimum atomic E-state index is -0.0892. The first kappa shape index (κ1) is 13.8. The van der Waals surface area contributed by atoms with E-state index in [4.69, 9.17) is 0 Å². The smallest absolute Gasteiger partial charge is 0.230 e. The largest absolute Gasteiger partial charge is 0.335 e. The molecule has 0 unspecified atom stereocenters. The van der Waals surface area contributed by atoms with Crippen molar-refractivity contribution in [3.63, 3.8) is 0 Å². The normalized spacial score (nSPS) is 15.5. The highest BCUT2D eigenvalue weighted by molar-refractivity contribution is 5.83. The highest BCUT2D eigenvalue weighted by Crippen LogP contribution is 2.31. The fourth-order valence-corrected chi connectivity index (χ4v) is 2.59. The molecule has 1 saturated carbocycles. The van der Waals surface area contributed by atoms with Crippen molar-refractivity contribution >= 4 is 5.91 Å². The van der Waals surface area contributed by atoms with E-state index in [1.807, 2.05) is 54.3 Å². The molecule has 0 radical (unpaired) electrons. The second kappa shape index (κ2) is 6.08. The number of aromatic nitrogens is 1. The van der Waals surface area contributed by atoms with E-state index in [9.17, 15) is 4.79 Å². The van der Waals surface area contributed by atoms with Crippen molar-refractivity contribution in [2.24, 2.45) is 0 Å². The molecular weight excluding hydrogens is 260 g/mol. The average Bonchev–Trinajstić information content (AvgIpc) is 3.38.